The van der Waals surface area contributed by atoms with Crippen molar-refractivity contribution >= 4 is 51.2 Å². The highest BCUT2D eigenvalue weighted by Gasteiger charge is 2.54. The molecule has 2 aromatic rings. The van der Waals surface area contributed by atoms with E-state index in [9.17, 15) is 24.0 Å². The number of alkyl carbamates (subject to hydrolysis) is 1. The van der Waals surface area contributed by atoms with Crippen LogP contribution in [0.4, 0.5) is 4.79 Å². The third-order valence-electron chi connectivity index (χ3n) is 8.70. The largest absolute Gasteiger partial charge is 0.444 e. The number of ketones is 1. The number of benzene rings is 1. The highest BCUT2D eigenvalue weighted by molar-refractivity contribution is 7.20. The first-order valence-electron chi connectivity index (χ1n) is 15.4. The average molecular weight is 626 g/mol. The Kier molecular flexibility index (Phi) is 8.76. The Morgan fingerprint density at radius 3 is 2.43 bits per heavy atom. The van der Waals surface area contributed by atoms with Gasteiger partial charge in [0.05, 0.1) is 16.3 Å². The van der Waals surface area contributed by atoms with Crippen LogP contribution >= 0.6 is 11.3 Å². The SMILES string of the molecule is CC(C)(C)OC(=O)N[C@H](C(=O)N1[C@@H]2CC[C@@H](C2)[C@H]1C(=O)N[C@@H](C[C@@H]1CCNC1=O)C(=O)c1nc2ccccc2s1)C(C)(C)C. The van der Waals surface area contributed by atoms with Crippen LogP contribution in [-0.2, 0) is 19.1 Å². The number of aromatic nitrogens is 1. The molecule has 11 nitrogen and oxygen atoms in total. The molecule has 3 heterocycles. The molecule has 2 bridgehead atoms. The van der Waals surface area contributed by atoms with E-state index in [0.29, 0.717) is 24.9 Å². The fourth-order valence-electron chi connectivity index (χ4n) is 6.64. The molecule has 2 saturated heterocycles. The molecule has 0 radical (unpaired) electrons. The van der Waals surface area contributed by atoms with Crippen LogP contribution in [0.1, 0.15) is 83.4 Å². The van der Waals surface area contributed by atoms with Gasteiger partial charge in [-0.2, -0.15) is 0 Å². The minimum Gasteiger partial charge on any atom is -0.444 e. The lowest BCUT2D eigenvalue weighted by Crippen LogP contribution is -2.62. The van der Waals surface area contributed by atoms with Crippen molar-refractivity contribution in [3.8, 4) is 0 Å². The second-order valence-electron chi connectivity index (χ2n) is 14.3. The van der Waals surface area contributed by atoms with Crippen molar-refractivity contribution < 1.29 is 28.7 Å². The van der Waals surface area contributed by atoms with Gasteiger partial charge in [-0.25, -0.2) is 9.78 Å². The van der Waals surface area contributed by atoms with E-state index in [0.717, 1.165) is 17.5 Å². The Bertz CT molecular complexity index is 1430. The van der Waals surface area contributed by atoms with Crippen LogP contribution in [0.5, 0.6) is 0 Å². The van der Waals surface area contributed by atoms with Crippen LogP contribution in [0.25, 0.3) is 10.2 Å². The first-order chi connectivity index (χ1) is 20.6. The van der Waals surface area contributed by atoms with Gasteiger partial charge in [-0.15, -0.1) is 11.3 Å². The summed E-state index contributed by atoms with van der Waals surface area (Å²) >= 11 is 1.26. The zero-order valence-electron chi connectivity index (χ0n) is 26.3. The third-order valence-corrected chi connectivity index (χ3v) is 9.75. The average Bonchev–Trinajstić information content (AvgIpc) is 3.73. The van der Waals surface area contributed by atoms with E-state index >= 15 is 0 Å². The number of hydrogen-bond donors (Lipinski definition) is 3. The van der Waals surface area contributed by atoms with Crippen LogP contribution in [0.15, 0.2) is 24.3 Å². The molecule has 5 rings (SSSR count). The van der Waals surface area contributed by atoms with Crippen LogP contribution in [0.2, 0.25) is 0 Å². The number of carbonyl (C=O) groups excluding carboxylic acids is 5. The van der Waals surface area contributed by atoms with E-state index in [-0.39, 0.29) is 41.0 Å². The molecular formula is C32H43N5O6S. The molecule has 1 aromatic heterocycles. The molecule has 4 amide bonds. The smallest absolute Gasteiger partial charge is 0.408 e. The Labute approximate surface area is 261 Å². The Balaban J connectivity index is 1.40. The van der Waals surface area contributed by atoms with E-state index in [1.165, 1.54) is 11.3 Å². The second kappa shape index (κ2) is 12.1. The Morgan fingerprint density at radius 2 is 1.80 bits per heavy atom. The number of carbonyl (C=O) groups is 5. The molecule has 6 atom stereocenters. The number of likely N-dealkylation sites (tertiary alicyclic amines) is 1. The van der Waals surface area contributed by atoms with E-state index in [2.05, 4.69) is 20.9 Å². The van der Waals surface area contributed by atoms with Gasteiger partial charge in [0.2, 0.25) is 23.5 Å². The van der Waals surface area contributed by atoms with Gasteiger partial charge in [-0.3, -0.25) is 19.2 Å². The van der Waals surface area contributed by atoms with Gasteiger partial charge in [0.15, 0.2) is 5.01 Å². The summed E-state index contributed by atoms with van der Waals surface area (Å²) < 4.78 is 6.31. The van der Waals surface area contributed by atoms with E-state index in [4.69, 9.17) is 4.74 Å². The fraction of sp³-hybridized carbons (Fsp3) is 0.625. The van der Waals surface area contributed by atoms with Gasteiger partial charge in [0.1, 0.15) is 17.7 Å². The van der Waals surface area contributed by atoms with Crippen molar-refractivity contribution in [3.63, 3.8) is 0 Å². The molecule has 1 aromatic carbocycles. The van der Waals surface area contributed by atoms with Crippen molar-refractivity contribution in [3.05, 3.63) is 29.3 Å². The Morgan fingerprint density at radius 1 is 1.07 bits per heavy atom. The zero-order chi connectivity index (χ0) is 32.0. The molecule has 44 heavy (non-hydrogen) atoms. The second-order valence-corrected chi connectivity index (χ2v) is 15.3. The minimum absolute atomic E-state index is 0.0703. The molecule has 1 saturated carbocycles. The summed E-state index contributed by atoms with van der Waals surface area (Å²) in [4.78, 5) is 73.6. The van der Waals surface area contributed by atoms with Crippen LogP contribution in [0.3, 0.4) is 0 Å². The number of rotatable bonds is 8. The molecule has 3 aliphatic rings. The van der Waals surface area contributed by atoms with E-state index in [1.54, 1.807) is 25.7 Å². The molecule has 1 aliphatic carbocycles. The fourth-order valence-corrected chi connectivity index (χ4v) is 7.60. The molecule has 3 fully saturated rings. The van der Waals surface area contributed by atoms with Gasteiger partial charge >= 0.3 is 6.09 Å². The highest BCUT2D eigenvalue weighted by atomic mass is 32.1. The Hall–Kier alpha value is -3.54. The number of nitrogens with one attached hydrogen (secondary N) is 3. The maximum absolute atomic E-state index is 14.2. The third kappa shape index (κ3) is 6.74. The van der Waals surface area contributed by atoms with Gasteiger partial charge in [-0.05, 0) is 76.3 Å². The van der Waals surface area contributed by atoms with Gasteiger partial charge in [0, 0.05) is 18.5 Å². The van der Waals surface area contributed by atoms with E-state index in [1.807, 2.05) is 45.0 Å². The lowest BCUT2D eigenvalue weighted by Gasteiger charge is -2.40. The molecule has 0 spiro atoms. The summed E-state index contributed by atoms with van der Waals surface area (Å²) in [5.74, 6) is -1.74. The summed E-state index contributed by atoms with van der Waals surface area (Å²) in [5.41, 5.74) is -0.718. The number of amides is 4. The van der Waals surface area contributed by atoms with Crippen molar-refractivity contribution in [2.24, 2.45) is 17.3 Å². The highest BCUT2D eigenvalue weighted by Crippen LogP contribution is 2.44. The number of fused-ring (bicyclic) bond motifs is 3. The van der Waals surface area contributed by atoms with Gasteiger partial charge < -0.3 is 25.6 Å². The summed E-state index contributed by atoms with van der Waals surface area (Å²) in [5, 5.41) is 8.81. The number of piperidine rings is 1. The maximum atomic E-state index is 14.2. The van der Waals surface area contributed by atoms with Crippen LogP contribution in [-0.4, -0.2) is 75.8 Å². The number of nitrogens with zero attached hydrogens (tertiary/aromatic N) is 2. The van der Waals surface area contributed by atoms with Crippen molar-refractivity contribution in [1.82, 2.24) is 25.8 Å². The summed E-state index contributed by atoms with van der Waals surface area (Å²) in [6.45, 7) is 11.3. The standard InChI is InChI=1S/C32H43N5O6S/c1-31(2,3)25(36-30(42)43-32(4,5)6)29(41)37-19-12-11-17(15-19)23(37)27(40)34-21(16-18-13-14-33-26(18)39)24(38)28-35-20-9-7-8-10-22(20)44-28/h7-10,17-19,21,23,25H,11-16H2,1-6H3,(H,33,39)(H,34,40)(H,36,42)/t17-,18-,19+,21-,23-,25+/m0/s1. The molecule has 238 valence electrons. The number of para-hydroxylation sites is 1. The first kappa shape index (κ1) is 31.9. The number of thiazole rings is 1. The minimum atomic E-state index is -0.980. The summed E-state index contributed by atoms with van der Waals surface area (Å²) in [7, 11) is 0. The van der Waals surface area contributed by atoms with Gasteiger partial charge in [0.25, 0.3) is 0 Å². The molecule has 12 heteroatoms. The maximum Gasteiger partial charge on any atom is 0.408 e. The number of hydrogen-bond acceptors (Lipinski definition) is 8. The van der Waals surface area contributed by atoms with E-state index < -0.39 is 47.1 Å². The number of ether oxygens (including phenoxy) is 1. The topological polar surface area (TPSA) is 147 Å². The molecule has 3 N–H and O–H groups in total. The van der Waals surface area contributed by atoms with Gasteiger partial charge in [-0.1, -0.05) is 32.9 Å². The zero-order valence-corrected chi connectivity index (χ0v) is 27.1. The monoisotopic (exact) mass is 625 g/mol. The lowest BCUT2D eigenvalue weighted by molar-refractivity contribution is -0.146. The molecular weight excluding hydrogens is 582 g/mol. The molecule has 2 aliphatic heterocycles. The first-order valence-corrected chi connectivity index (χ1v) is 16.2. The van der Waals surface area contributed by atoms with Crippen LogP contribution < -0.4 is 16.0 Å². The van der Waals surface area contributed by atoms with Crippen molar-refractivity contribution in [2.45, 2.75) is 103 Å². The van der Waals surface area contributed by atoms with Crippen molar-refractivity contribution in [2.75, 3.05) is 6.54 Å². The lowest BCUT2D eigenvalue weighted by atomic mass is 9.85. The predicted molar refractivity (Wildman–Crippen MR) is 166 cm³/mol. The number of Topliss-reactive ketones (excluding diaryl/α,β-unsaturated/α-hetero) is 1. The summed E-state index contributed by atoms with van der Waals surface area (Å²) in [6.07, 6.45) is 2.24. The molecule has 0 unspecified atom stereocenters. The normalized spacial score (nSPS) is 24.6. The quantitative estimate of drug-likeness (QED) is 0.378. The predicted octanol–water partition coefficient (Wildman–Crippen LogP) is 3.81. The van der Waals surface area contributed by atoms with Crippen LogP contribution in [0, 0.1) is 17.3 Å². The van der Waals surface area contributed by atoms with Crippen molar-refractivity contribution in [1.29, 1.82) is 0 Å². The summed E-state index contributed by atoms with van der Waals surface area (Å²) in [6, 6.07) is 4.58.